The van der Waals surface area contributed by atoms with E-state index in [0.29, 0.717) is 0 Å². The maximum atomic E-state index is 11.1. The Bertz CT molecular complexity index is 442. The molecule has 3 unspecified atom stereocenters. The number of fused-ring (bicyclic) bond motifs is 2. The van der Waals surface area contributed by atoms with Gasteiger partial charge in [-0.2, -0.15) is 0 Å². The van der Waals surface area contributed by atoms with Crippen molar-refractivity contribution >= 4 is 17.9 Å². The molecule has 2 heteroatoms. The second kappa shape index (κ2) is 4.13. The fraction of sp³-hybridized carbons (Fsp3) is 0.533. The van der Waals surface area contributed by atoms with Gasteiger partial charge >= 0.3 is 0 Å². The highest BCUT2D eigenvalue weighted by Gasteiger charge is 2.44. The van der Waals surface area contributed by atoms with Crippen LogP contribution in [0.1, 0.15) is 36.8 Å². The second-order valence-corrected chi connectivity index (χ2v) is 6.06. The third kappa shape index (κ3) is 1.72. The van der Waals surface area contributed by atoms with Crippen LogP contribution in [-0.4, -0.2) is 11.7 Å². The summed E-state index contributed by atoms with van der Waals surface area (Å²) in [5, 5.41) is 0.0471. The highest BCUT2D eigenvalue weighted by molar-refractivity contribution is 6.21. The number of alkyl halides is 1. The van der Waals surface area contributed by atoms with Crippen LogP contribution >= 0.6 is 11.6 Å². The topological polar surface area (TPSA) is 17.1 Å². The molecule has 0 radical (unpaired) electrons. The molecule has 1 aromatic carbocycles. The number of rotatable bonds is 1. The van der Waals surface area contributed by atoms with Crippen molar-refractivity contribution in [2.45, 2.75) is 42.9 Å². The highest BCUT2D eigenvalue weighted by atomic mass is 35.5. The van der Waals surface area contributed by atoms with Crippen molar-refractivity contribution in [2.24, 2.45) is 5.92 Å². The first-order valence-electron chi connectivity index (χ1n) is 6.43. The van der Waals surface area contributed by atoms with Crippen LogP contribution in [0.15, 0.2) is 24.3 Å². The molecule has 90 valence electrons. The van der Waals surface area contributed by atoms with Crippen LogP contribution in [0.4, 0.5) is 0 Å². The van der Waals surface area contributed by atoms with E-state index in [-0.39, 0.29) is 16.7 Å². The van der Waals surface area contributed by atoms with E-state index in [4.69, 9.17) is 11.6 Å². The number of hydrogen-bond donors (Lipinski definition) is 0. The minimum Gasteiger partial charge on any atom is -0.303 e. The Morgan fingerprint density at radius 3 is 2.94 bits per heavy atom. The maximum Gasteiger partial charge on any atom is 0.124 e. The average Bonchev–Trinajstić information content (AvgIpc) is 2.72. The minimum absolute atomic E-state index is 0.0385. The number of aryl methyl sites for hydroxylation is 1. The van der Waals surface area contributed by atoms with Crippen LogP contribution < -0.4 is 0 Å². The van der Waals surface area contributed by atoms with Gasteiger partial charge in [-0.15, -0.1) is 11.6 Å². The summed E-state index contributed by atoms with van der Waals surface area (Å²) in [5.41, 5.74) is 3.20. The van der Waals surface area contributed by atoms with E-state index in [1.165, 1.54) is 17.5 Å². The Labute approximate surface area is 107 Å². The van der Waals surface area contributed by atoms with Gasteiger partial charge in [-0.3, -0.25) is 0 Å². The normalized spacial score (nSPS) is 35.8. The first kappa shape index (κ1) is 11.3. The van der Waals surface area contributed by atoms with Crippen LogP contribution in [0.5, 0.6) is 0 Å². The third-order valence-electron chi connectivity index (χ3n) is 4.63. The van der Waals surface area contributed by atoms with Crippen molar-refractivity contribution in [3.63, 3.8) is 0 Å². The molecular weight excluding hydrogens is 232 g/mol. The summed E-state index contributed by atoms with van der Waals surface area (Å²) in [4.78, 5) is 11.1. The summed E-state index contributed by atoms with van der Waals surface area (Å²) in [6.45, 7) is 0. The van der Waals surface area contributed by atoms with Crippen LogP contribution in [0.25, 0.3) is 0 Å². The molecule has 1 fully saturated rings. The van der Waals surface area contributed by atoms with Crippen LogP contribution in [0, 0.1) is 5.92 Å². The van der Waals surface area contributed by atoms with E-state index in [1.54, 1.807) is 0 Å². The minimum atomic E-state index is 0.0385. The van der Waals surface area contributed by atoms with Gasteiger partial charge in [0, 0.05) is 11.3 Å². The predicted octanol–water partition coefficient (Wildman–Crippen LogP) is 3.48. The molecule has 0 aliphatic heterocycles. The lowest BCUT2D eigenvalue weighted by Crippen LogP contribution is -2.36. The van der Waals surface area contributed by atoms with Crippen molar-refractivity contribution in [3.05, 3.63) is 35.4 Å². The third-order valence-corrected chi connectivity index (χ3v) is 5.17. The molecule has 1 saturated carbocycles. The summed E-state index contributed by atoms with van der Waals surface area (Å²) in [5.74, 6) is 0.0385. The summed E-state index contributed by atoms with van der Waals surface area (Å²) < 4.78 is 0. The Morgan fingerprint density at radius 1 is 1.29 bits per heavy atom. The van der Waals surface area contributed by atoms with Gasteiger partial charge in [-0.05, 0) is 48.6 Å². The van der Waals surface area contributed by atoms with Crippen LogP contribution in [0.2, 0.25) is 0 Å². The van der Waals surface area contributed by atoms with Crippen molar-refractivity contribution in [2.75, 3.05) is 0 Å². The smallest absolute Gasteiger partial charge is 0.124 e. The molecule has 0 bridgehead atoms. The van der Waals surface area contributed by atoms with Gasteiger partial charge in [-0.1, -0.05) is 24.3 Å². The zero-order valence-electron chi connectivity index (χ0n) is 9.86. The van der Waals surface area contributed by atoms with Crippen molar-refractivity contribution < 1.29 is 4.79 Å². The molecule has 0 aromatic heterocycles. The molecule has 0 N–H and O–H groups in total. The zero-order valence-corrected chi connectivity index (χ0v) is 10.6. The molecule has 0 amide bonds. The van der Waals surface area contributed by atoms with Crippen molar-refractivity contribution in [1.82, 2.24) is 0 Å². The molecule has 1 aromatic rings. The van der Waals surface area contributed by atoms with Gasteiger partial charge in [0.1, 0.15) is 6.29 Å². The molecule has 1 nitrogen and oxygen atoms in total. The molecule has 2 aliphatic rings. The van der Waals surface area contributed by atoms with E-state index < -0.39 is 0 Å². The van der Waals surface area contributed by atoms with E-state index in [0.717, 1.165) is 32.0 Å². The zero-order chi connectivity index (χ0) is 11.9. The summed E-state index contributed by atoms with van der Waals surface area (Å²) >= 11 is 6.24. The van der Waals surface area contributed by atoms with Crippen molar-refractivity contribution in [1.29, 1.82) is 0 Å². The Morgan fingerprint density at radius 2 is 2.12 bits per heavy atom. The van der Waals surface area contributed by atoms with E-state index in [9.17, 15) is 4.79 Å². The lowest BCUT2D eigenvalue weighted by atomic mass is 9.66. The van der Waals surface area contributed by atoms with Gasteiger partial charge in [0.15, 0.2) is 0 Å². The number of benzene rings is 1. The Kier molecular flexibility index (Phi) is 2.74. The number of aldehydes is 1. The average molecular weight is 249 g/mol. The first-order valence-corrected chi connectivity index (χ1v) is 6.87. The molecule has 3 rings (SSSR count). The number of hydrogen-bond acceptors (Lipinski definition) is 1. The number of carbonyl (C=O) groups is 1. The molecule has 1 spiro atoms. The summed E-state index contributed by atoms with van der Waals surface area (Å²) in [7, 11) is 0. The van der Waals surface area contributed by atoms with Crippen LogP contribution in [0.3, 0.4) is 0 Å². The summed E-state index contributed by atoms with van der Waals surface area (Å²) in [6, 6.07) is 8.71. The fourth-order valence-electron chi connectivity index (χ4n) is 3.68. The fourth-order valence-corrected chi connectivity index (χ4v) is 3.94. The highest BCUT2D eigenvalue weighted by Crippen LogP contribution is 2.50. The molecule has 2 aliphatic carbocycles. The largest absolute Gasteiger partial charge is 0.303 e. The second-order valence-electron chi connectivity index (χ2n) is 5.50. The Balaban J connectivity index is 1.96. The Hall–Kier alpha value is -0.820. The van der Waals surface area contributed by atoms with E-state index in [1.807, 2.05) is 0 Å². The molecule has 17 heavy (non-hydrogen) atoms. The predicted molar refractivity (Wildman–Crippen MR) is 69.5 cm³/mol. The van der Waals surface area contributed by atoms with Gasteiger partial charge in [0.2, 0.25) is 0 Å². The monoisotopic (exact) mass is 248 g/mol. The number of halogens is 1. The number of carbonyl (C=O) groups excluding carboxylic acids is 1. The molecule has 3 atom stereocenters. The molecule has 0 heterocycles. The quantitative estimate of drug-likeness (QED) is 0.549. The SMILES string of the molecule is O=CC1CC2(CCc3ccccc32)CCC1Cl. The first-order chi connectivity index (χ1) is 8.25. The van der Waals surface area contributed by atoms with Gasteiger partial charge in [-0.25, -0.2) is 0 Å². The van der Waals surface area contributed by atoms with E-state index >= 15 is 0 Å². The lowest BCUT2D eigenvalue weighted by molar-refractivity contribution is -0.112. The molecular formula is C15H17ClO. The van der Waals surface area contributed by atoms with Crippen molar-refractivity contribution in [3.8, 4) is 0 Å². The molecule has 0 saturated heterocycles. The van der Waals surface area contributed by atoms with Gasteiger partial charge in [0.05, 0.1) is 0 Å². The van der Waals surface area contributed by atoms with Crippen LogP contribution in [-0.2, 0) is 16.6 Å². The van der Waals surface area contributed by atoms with Gasteiger partial charge < -0.3 is 4.79 Å². The summed E-state index contributed by atoms with van der Waals surface area (Å²) in [6.07, 6.45) is 6.48. The lowest BCUT2D eigenvalue weighted by Gasteiger charge is -2.39. The maximum absolute atomic E-state index is 11.1. The standard InChI is InChI=1S/C15H17ClO/c16-14-6-8-15(9-12(14)10-17)7-5-11-3-1-2-4-13(11)15/h1-4,10,12,14H,5-9H2. The van der Waals surface area contributed by atoms with E-state index in [2.05, 4.69) is 24.3 Å². The van der Waals surface area contributed by atoms with Gasteiger partial charge in [0.25, 0.3) is 0 Å².